The molecular formula is C12H24O10. The second-order valence-electron chi connectivity index (χ2n) is 5.28. The minimum atomic E-state index is -1.73. The fourth-order valence-electron chi connectivity index (χ4n) is 2.11. The molecule has 0 bridgehead atoms. The van der Waals surface area contributed by atoms with Crippen molar-refractivity contribution in [3.05, 3.63) is 0 Å². The molecule has 10 heteroatoms. The van der Waals surface area contributed by atoms with E-state index in [1.165, 1.54) is 6.92 Å². The Morgan fingerprint density at radius 3 is 2.05 bits per heavy atom. The highest BCUT2D eigenvalue weighted by Crippen LogP contribution is 2.24. The van der Waals surface area contributed by atoms with Crippen LogP contribution in [0.3, 0.4) is 0 Å². The summed E-state index contributed by atoms with van der Waals surface area (Å²) in [5, 5.41) is 75.9. The first-order valence-electron chi connectivity index (χ1n) is 6.85. The van der Waals surface area contributed by atoms with Crippen molar-refractivity contribution in [3.63, 3.8) is 0 Å². The van der Waals surface area contributed by atoms with E-state index in [1.807, 2.05) is 0 Å². The van der Waals surface area contributed by atoms with Gasteiger partial charge < -0.3 is 50.3 Å². The first kappa shape index (κ1) is 19.6. The quantitative estimate of drug-likeness (QED) is 0.226. The summed E-state index contributed by atoms with van der Waals surface area (Å²) in [6, 6.07) is 0. The highest BCUT2D eigenvalue weighted by atomic mass is 16.7. The predicted molar refractivity (Wildman–Crippen MR) is 69.4 cm³/mol. The van der Waals surface area contributed by atoms with E-state index in [-0.39, 0.29) is 0 Å². The molecule has 132 valence electrons. The largest absolute Gasteiger partial charge is 0.394 e. The summed E-state index contributed by atoms with van der Waals surface area (Å²) >= 11 is 0. The van der Waals surface area contributed by atoms with Gasteiger partial charge in [-0.2, -0.15) is 0 Å². The van der Waals surface area contributed by atoms with Crippen LogP contribution in [0.1, 0.15) is 6.92 Å². The van der Waals surface area contributed by atoms with Crippen LogP contribution in [0, 0.1) is 0 Å². The fraction of sp³-hybridized carbons (Fsp3) is 1.00. The van der Waals surface area contributed by atoms with Gasteiger partial charge in [0.1, 0.15) is 42.7 Å². The van der Waals surface area contributed by atoms with Crippen molar-refractivity contribution in [2.45, 2.75) is 62.0 Å². The van der Waals surface area contributed by atoms with Crippen molar-refractivity contribution in [1.29, 1.82) is 0 Å². The molecule has 8 N–H and O–H groups in total. The van der Waals surface area contributed by atoms with Gasteiger partial charge in [0.05, 0.1) is 19.3 Å². The zero-order valence-electron chi connectivity index (χ0n) is 12.0. The molecule has 1 heterocycles. The molecule has 0 amide bonds. The summed E-state index contributed by atoms with van der Waals surface area (Å²) in [7, 11) is 0. The summed E-state index contributed by atoms with van der Waals surface area (Å²) < 4.78 is 10.2. The Balaban J connectivity index is 2.86. The molecule has 0 aromatic rings. The van der Waals surface area contributed by atoms with Crippen LogP contribution in [0.15, 0.2) is 0 Å². The van der Waals surface area contributed by atoms with Crippen molar-refractivity contribution in [2.75, 3.05) is 13.2 Å². The van der Waals surface area contributed by atoms with Crippen molar-refractivity contribution in [2.24, 2.45) is 0 Å². The van der Waals surface area contributed by atoms with E-state index in [1.54, 1.807) is 0 Å². The Bertz CT molecular complexity index is 325. The molecule has 0 spiro atoms. The number of rotatable bonds is 7. The van der Waals surface area contributed by atoms with Gasteiger partial charge in [0.25, 0.3) is 0 Å². The normalized spacial score (nSPS) is 38.3. The van der Waals surface area contributed by atoms with Gasteiger partial charge in [-0.25, -0.2) is 0 Å². The van der Waals surface area contributed by atoms with Crippen LogP contribution < -0.4 is 0 Å². The smallest absolute Gasteiger partial charge is 0.187 e. The lowest BCUT2D eigenvalue weighted by Crippen LogP contribution is -2.61. The standard InChI is InChI=1S/C12H24O10/c1-4(15)7(17)11(5(16)2-13)22-12-10(20)9(19)8(18)6(3-14)21-12/h4-20H,2-3H2,1H3/t4-,5?,6?,7?,8+,9?,10+,11-,12+/m0/s1. The average molecular weight is 328 g/mol. The second-order valence-corrected chi connectivity index (χ2v) is 5.28. The Morgan fingerprint density at radius 2 is 1.59 bits per heavy atom. The van der Waals surface area contributed by atoms with Gasteiger partial charge in [0.2, 0.25) is 0 Å². The molecule has 1 aliphatic heterocycles. The van der Waals surface area contributed by atoms with Crippen LogP contribution in [0.5, 0.6) is 0 Å². The molecule has 22 heavy (non-hydrogen) atoms. The SMILES string of the molecule is C[C@H](O)C(O)[C@@H](O[C@H]1OC(CO)[C@@H](O)C(O)[C@H]1O)C(O)CO. The molecule has 0 radical (unpaired) electrons. The topological polar surface area (TPSA) is 180 Å². The molecule has 1 rings (SSSR count). The van der Waals surface area contributed by atoms with Gasteiger partial charge in [0, 0.05) is 0 Å². The fourth-order valence-corrected chi connectivity index (χ4v) is 2.11. The van der Waals surface area contributed by atoms with Crippen LogP contribution in [-0.4, -0.2) is 109 Å². The van der Waals surface area contributed by atoms with Crippen LogP contribution in [0.2, 0.25) is 0 Å². The molecule has 0 aromatic carbocycles. The van der Waals surface area contributed by atoms with E-state index in [4.69, 9.17) is 19.7 Å². The lowest BCUT2D eigenvalue weighted by molar-refractivity contribution is -0.326. The summed E-state index contributed by atoms with van der Waals surface area (Å²) in [6.07, 6.45) is -13.9. The van der Waals surface area contributed by atoms with Crippen LogP contribution in [-0.2, 0) is 9.47 Å². The lowest BCUT2D eigenvalue weighted by atomic mass is 9.98. The van der Waals surface area contributed by atoms with Crippen molar-refractivity contribution >= 4 is 0 Å². The molecule has 1 saturated heterocycles. The molecular weight excluding hydrogens is 304 g/mol. The first-order chi connectivity index (χ1) is 10.2. The Kier molecular flexibility index (Phi) is 7.55. The Morgan fingerprint density at radius 1 is 1.00 bits per heavy atom. The average Bonchev–Trinajstić information content (AvgIpc) is 2.50. The van der Waals surface area contributed by atoms with Gasteiger partial charge in [-0.05, 0) is 6.92 Å². The highest BCUT2D eigenvalue weighted by molar-refractivity contribution is 4.90. The second kappa shape index (κ2) is 8.45. The van der Waals surface area contributed by atoms with Gasteiger partial charge >= 0.3 is 0 Å². The summed E-state index contributed by atoms with van der Waals surface area (Å²) in [6.45, 7) is -0.249. The van der Waals surface area contributed by atoms with E-state index in [0.29, 0.717) is 0 Å². The Labute approximate surface area is 126 Å². The summed E-state index contributed by atoms with van der Waals surface area (Å²) in [5.41, 5.74) is 0. The van der Waals surface area contributed by atoms with Gasteiger partial charge in [-0.15, -0.1) is 0 Å². The third kappa shape index (κ3) is 4.32. The van der Waals surface area contributed by atoms with E-state index in [0.717, 1.165) is 0 Å². The molecule has 4 unspecified atom stereocenters. The highest BCUT2D eigenvalue weighted by Gasteiger charge is 2.46. The minimum absolute atomic E-state index is 0.670. The maximum absolute atomic E-state index is 9.82. The van der Waals surface area contributed by atoms with Gasteiger partial charge in [-0.3, -0.25) is 0 Å². The maximum atomic E-state index is 9.82. The monoisotopic (exact) mass is 328 g/mol. The number of ether oxygens (including phenoxy) is 2. The van der Waals surface area contributed by atoms with E-state index in [9.17, 15) is 30.6 Å². The first-order valence-corrected chi connectivity index (χ1v) is 6.85. The maximum Gasteiger partial charge on any atom is 0.187 e. The summed E-state index contributed by atoms with van der Waals surface area (Å²) in [4.78, 5) is 0. The molecule has 0 aromatic heterocycles. The van der Waals surface area contributed by atoms with Gasteiger partial charge in [-0.1, -0.05) is 0 Å². The van der Waals surface area contributed by atoms with Crippen LogP contribution in [0.25, 0.3) is 0 Å². The van der Waals surface area contributed by atoms with E-state index < -0.39 is 68.3 Å². The molecule has 1 aliphatic rings. The van der Waals surface area contributed by atoms with Crippen molar-refractivity contribution in [1.82, 2.24) is 0 Å². The Hall–Kier alpha value is -0.400. The third-order valence-electron chi connectivity index (χ3n) is 3.54. The minimum Gasteiger partial charge on any atom is -0.394 e. The predicted octanol–water partition coefficient (Wildman–Crippen LogP) is -4.73. The lowest BCUT2D eigenvalue weighted by Gasteiger charge is -2.42. The van der Waals surface area contributed by atoms with E-state index >= 15 is 0 Å². The zero-order chi connectivity index (χ0) is 17.0. The number of hydrogen-bond donors (Lipinski definition) is 8. The summed E-state index contributed by atoms with van der Waals surface area (Å²) in [5.74, 6) is 0. The third-order valence-corrected chi connectivity index (χ3v) is 3.54. The van der Waals surface area contributed by atoms with Gasteiger partial charge in [0.15, 0.2) is 6.29 Å². The zero-order valence-corrected chi connectivity index (χ0v) is 12.0. The molecule has 1 fully saturated rings. The van der Waals surface area contributed by atoms with Crippen LogP contribution in [0.4, 0.5) is 0 Å². The molecule has 0 saturated carbocycles. The van der Waals surface area contributed by atoms with E-state index in [2.05, 4.69) is 0 Å². The number of aliphatic hydroxyl groups excluding tert-OH is 8. The van der Waals surface area contributed by atoms with Crippen molar-refractivity contribution < 1.29 is 50.3 Å². The molecule has 9 atom stereocenters. The molecule has 10 nitrogen and oxygen atoms in total. The number of aliphatic hydroxyl groups is 8. The number of hydrogen-bond acceptors (Lipinski definition) is 10. The van der Waals surface area contributed by atoms with Crippen LogP contribution >= 0.6 is 0 Å². The molecule has 0 aliphatic carbocycles. The van der Waals surface area contributed by atoms with Crippen molar-refractivity contribution in [3.8, 4) is 0 Å².